The van der Waals surface area contributed by atoms with E-state index in [1.54, 1.807) is 14.0 Å². The van der Waals surface area contributed by atoms with Gasteiger partial charge in [0.05, 0.1) is 18.2 Å². The summed E-state index contributed by atoms with van der Waals surface area (Å²) in [6, 6.07) is 0. The highest BCUT2D eigenvalue weighted by molar-refractivity contribution is 6.17. The number of halogens is 1. The Balaban J connectivity index is 3.18. The van der Waals surface area contributed by atoms with Gasteiger partial charge in [-0.2, -0.15) is 0 Å². The Morgan fingerprint density at radius 3 is 2.55 bits per heavy atom. The van der Waals surface area contributed by atoms with Crippen LogP contribution < -0.4 is 0 Å². The highest BCUT2D eigenvalue weighted by atomic mass is 35.5. The van der Waals surface area contributed by atoms with Gasteiger partial charge < -0.3 is 9.47 Å². The van der Waals surface area contributed by atoms with Crippen molar-refractivity contribution in [3.05, 3.63) is 23.3 Å². The molecule has 0 saturated heterocycles. The molecule has 0 fully saturated rings. The lowest BCUT2D eigenvalue weighted by Gasteiger charge is -2.28. The molecule has 0 radical (unpaired) electrons. The molecule has 112 valence electrons. The van der Waals surface area contributed by atoms with Crippen molar-refractivity contribution in [2.45, 2.75) is 39.7 Å². The topological polar surface area (TPSA) is 61.3 Å². The Hall–Kier alpha value is -1.20. The molecule has 0 aliphatic rings. The van der Waals surface area contributed by atoms with Gasteiger partial charge in [-0.25, -0.2) is 14.8 Å². The Kier molecular flexibility index (Phi) is 5.89. The van der Waals surface area contributed by atoms with Gasteiger partial charge in [-0.05, 0) is 12.3 Å². The summed E-state index contributed by atoms with van der Waals surface area (Å²) in [6.45, 7) is 8.14. The lowest BCUT2D eigenvalue weighted by Crippen LogP contribution is -2.23. The number of hydrogen-bond donors (Lipinski definition) is 0. The Bertz CT molecular complexity index is 472. The van der Waals surface area contributed by atoms with Crippen molar-refractivity contribution in [3.63, 3.8) is 0 Å². The van der Waals surface area contributed by atoms with Crippen molar-refractivity contribution < 1.29 is 14.3 Å². The molecule has 1 aromatic rings. The summed E-state index contributed by atoms with van der Waals surface area (Å²) >= 11 is 5.87. The summed E-state index contributed by atoms with van der Waals surface area (Å²) in [6.07, 6.45) is 1.18. The second kappa shape index (κ2) is 6.99. The van der Waals surface area contributed by atoms with Gasteiger partial charge in [-0.3, -0.25) is 0 Å². The molecule has 5 nitrogen and oxygen atoms in total. The smallest absolute Gasteiger partial charge is 0.341 e. The van der Waals surface area contributed by atoms with Crippen LogP contribution in [0.5, 0.6) is 0 Å². The van der Waals surface area contributed by atoms with Gasteiger partial charge in [0.15, 0.2) is 5.82 Å². The van der Waals surface area contributed by atoms with Crippen LogP contribution in [0.3, 0.4) is 0 Å². The molecule has 1 aromatic heterocycles. The minimum atomic E-state index is -0.459. The molecular weight excluding hydrogens is 280 g/mol. The Morgan fingerprint density at radius 1 is 1.45 bits per heavy atom. The third kappa shape index (κ3) is 3.90. The van der Waals surface area contributed by atoms with Crippen molar-refractivity contribution in [1.82, 2.24) is 9.97 Å². The molecule has 6 heteroatoms. The third-order valence-corrected chi connectivity index (χ3v) is 3.02. The number of ether oxygens (including phenoxy) is 2. The van der Waals surface area contributed by atoms with E-state index in [1.807, 2.05) is 20.8 Å². The molecule has 0 aliphatic carbocycles. The summed E-state index contributed by atoms with van der Waals surface area (Å²) in [5.41, 5.74) is 0.597. The van der Waals surface area contributed by atoms with E-state index in [0.717, 1.165) is 0 Å². The number of aromatic nitrogens is 2. The van der Waals surface area contributed by atoms with Gasteiger partial charge in [0, 0.05) is 13.3 Å². The van der Waals surface area contributed by atoms with Crippen LogP contribution in [0.2, 0.25) is 0 Å². The lowest BCUT2D eigenvalue weighted by molar-refractivity contribution is 0.00844. The molecular formula is C14H21ClN2O3. The zero-order chi connectivity index (χ0) is 15.3. The molecule has 20 heavy (non-hydrogen) atoms. The van der Waals surface area contributed by atoms with Gasteiger partial charge in [-0.1, -0.05) is 20.8 Å². The molecule has 0 aromatic carbocycles. The zero-order valence-electron chi connectivity index (χ0n) is 12.6. The summed E-state index contributed by atoms with van der Waals surface area (Å²) in [7, 11) is 1.61. The monoisotopic (exact) mass is 300 g/mol. The fourth-order valence-corrected chi connectivity index (χ4v) is 2.09. The molecule has 1 atom stereocenters. The number of hydrogen-bond acceptors (Lipinski definition) is 5. The van der Waals surface area contributed by atoms with Crippen LogP contribution in [-0.4, -0.2) is 29.7 Å². The summed E-state index contributed by atoms with van der Waals surface area (Å²) in [5, 5.41) is 0. The number of methoxy groups -OCH3 is 1. The van der Waals surface area contributed by atoms with Crippen molar-refractivity contribution >= 4 is 17.6 Å². The average molecular weight is 301 g/mol. The minimum absolute atomic E-state index is 0.115. The van der Waals surface area contributed by atoms with Crippen molar-refractivity contribution in [2.24, 2.45) is 5.41 Å². The van der Waals surface area contributed by atoms with E-state index in [-0.39, 0.29) is 17.4 Å². The molecule has 0 spiro atoms. The lowest BCUT2D eigenvalue weighted by atomic mass is 9.88. The van der Waals surface area contributed by atoms with Gasteiger partial charge in [0.2, 0.25) is 0 Å². The first-order valence-corrected chi connectivity index (χ1v) is 7.00. The standard InChI is InChI=1S/C14H21ClN2O3/c1-6-20-13(18)9-8-16-12(17-10(9)7-15)11(19-5)14(2,3)4/h8,11H,6-7H2,1-5H3. The van der Waals surface area contributed by atoms with E-state index in [2.05, 4.69) is 9.97 Å². The number of esters is 1. The molecule has 1 rings (SSSR count). The van der Waals surface area contributed by atoms with Crippen molar-refractivity contribution in [2.75, 3.05) is 13.7 Å². The Labute approximate surface area is 124 Å². The maximum Gasteiger partial charge on any atom is 0.341 e. The normalized spacial score (nSPS) is 13.1. The quantitative estimate of drug-likeness (QED) is 0.617. The molecule has 0 saturated carbocycles. The van der Waals surface area contributed by atoms with Crippen LogP contribution in [0.1, 0.15) is 55.7 Å². The highest BCUT2D eigenvalue weighted by Crippen LogP contribution is 2.33. The average Bonchev–Trinajstić information content (AvgIpc) is 2.37. The minimum Gasteiger partial charge on any atom is -0.462 e. The van der Waals surface area contributed by atoms with Crippen LogP contribution in [-0.2, 0) is 15.4 Å². The summed E-state index contributed by atoms with van der Waals surface area (Å²) in [5.74, 6) is 0.174. The molecule has 0 bridgehead atoms. The van der Waals surface area contributed by atoms with E-state index >= 15 is 0 Å². The fraction of sp³-hybridized carbons (Fsp3) is 0.643. The molecule has 1 heterocycles. The molecule has 1 unspecified atom stereocenters. The highest BCUT2D eigenvalue weighted by Gasteiger charge is 2.29. The molecule has 0 aliphatic heterocycles. The second-order valence-corrected chi connectivity index (χ2v) is 5.69. The second-order valence-electron chi connectivity index (χ2n) is 5.42. The Morgan fingerprint density at radius 2 is 2.10 bits per heavy atom. The van der Waals surface area contributed by atoms with Crippen LogP contribution in [0, 0.1) is 5.41 Å². The van der Waals surface area contributed by atoms with Gasteiger partial charge in [0.1, 0.15) is 11.7 Å². The van der Waals surface area contributed by atoms with Crippen LogP contribution >= 0.6 is 11.6 Å². The van der Waals surface area contributed by atoms with Gasteiger partial charge >= 0.3 is 5.97 Å². The largest absolute Gasteiger partial charge is 0.462 e. The summed E-state index contributed by atoms with van der Waals surface area (Å²) in [4.78, 5) is 20.4. The maximum atomic E-state index is 11.8. The van der Waals surface area contributed by atoms with E-state index < -0.39 is 5.97 Å². The number of carbonyl (C=O) groups excluding carboxylic acids is 1. The maximum absolute atomic E-state index is 11.8. The first-order valence-electron chi connectivity index (χ1n) is 6.46. The van der Waals surface area contributed by atoms with E-state index in [4.69, 9.17) is 21.1 Å². The predicted molar refractivity (Wildman–Crippen MR) is 76.8 cm³/mol. The third-order valence-electron chi connectivity index (χ3n) is 2.77. The van der Waals surface area contributed by atoms with Gasteiger partial charge in [0.25, 0.3) is 0 Å². The van der Waals surface area contributed by atoms with Crippen molar-refractivity contribution in [1.29, 1.82) is 0 Å². The number of carbonyl (C=O) groups is 1. The SMILES string of the molecule is CCOC(=O)c1cnc(C(OC)C(C)(C)C)nc1CCl. The fourth-order valence-electron chi connectivity index (χ4n) is 1.89. The first kappa shape index (κ1) is 16.9. The zero-order valence-corrected chi connectivity index (χ0v) is 13.3. The summed E-state index contributed by atoms with van der Waals surface area (Å²) < 4.78 is 10.4. The van der Waals surface area contributed by atoms with Crippen LogP contribution in [0.15, 0.2) is 6.20 Å². The number of rotatable bonds is 5. The first-order chi connectivity index (χ1) is 9.35. The van der Waals surface area contributed by atoms with Crippen LogP contribution in [0.4, 0.5) is 0 Å². The van der Waals surface area contributed by atoms with Crippen LogP contribution in [0.25, 0.3) is 0 Å². The van der Waals surface area contributed by atoms with E-state index in [1.165, 1.54) is 6.20 Å². The van der Waals surface area contributed by atoms with Gasteiger partial charge in [-0.15, -0.1) is 11.6 Å². The number of alkyl halides is 1. The van der Waals surface area contributed by atoms with E-state index in [0.29, 0.717) is 23.7 Å². The molecule has 0 N–H and O–H groups in total. The number of nitrogens with zero attached hydrogens (tertiary/aromatic N) is 2. The van der Waals surface area contributed by atoms with Crippen molar-refractivity contribution in [3.8, 4) is 0 Å². The predicted octanol–water partition coefficient (Wildman–Crippen LogP) is 3.13. The van der Waals surface area contributed by atoms with E-state index in [9.17, 15) is 4.79 Å². The molecule has 0 amide bonds.